The van der Waals surface area contributed by atoms with E-state index in [0.29, 0.717) is 29.7 Å². The molecule has 0 radical (unpaired) electrons. The fraction of sp³-hybridized carbons (Fsp3) is 0.500. The lowest BCUT2D eigenvalue weighted by Gasteiger charge is -2.16. The van der Waals surface area contributed by atoms with Crippen molar-refractivity contribution in [3.8, 4) is 0 Å². The van der Waals surface area contributed by atoms with Crippen molar-refractivity contribution < 1.29 is 9.50 Å². The first kappa shape index (κ1) is 10.4. The minimum absolute atomic E-state index is 0.0783. The highest BCUT2D eigenvalue weighted by Gasteiger charge is 2.44. The molecule has 0 saturated heterocycles. The second-order valence-electron chi connectivity index (χ2n) is 4.66. The highest BCUT2D eigenvalue weighted by molar-refractivity contribution is 5.49. The van der Waals surface area contributed by atoms with E-state index < -0.39 is 5.60 Å². The zero-order valence-electron chi connectivity index (χ0n) is 9.05. The Morgan fingerprint density at radius 3 is 2.47 bits per heavy atom. The normalized spacial score (nSPS) is 18.2. The standard InChI is InChI=1S/C12H16FNO/c1-7(2)9-5-8(14)6-10(11(9)13)12(15)3-4-12/h5-7,15H,3-4,14H2,1-2H3. The number of benzene rings is 1. The summed E-state index contributed by atoms with van der Waals surface area (Å²) in [6.45, 7) is 3.83. The molecule has 82 valence electrons. The van der Waals surface area contributed by atoms with Gasteiger partial charge in [0.25, 0.3) is 0 Å². The van der Waals surface area contributed by atoms with Crippen molar-refractivity contribution in [2.75, 3.05) is 5.73 Å². The number of nitrogens with two attached hydrogens (primary N) is 1. The minimum atomic E-state index is -0.955. The van der Waals surface area contributed by atoms with Crippen LogP contribution in [0.5, 0.6) is 0 Å². The molecule has 15 heavy (non-hydrogen) atoms. The van der Waals surface area contributed by atoms with E-state index in [-0.39, 0.29) is 11.7 Å². The third kappa shape index (κ3) is 1.72. The van der Waals surface area contributed by atoms with Gasteiger partial charge in [0.15, 0.2) is 0 Å². The molecule has 0 atom stereocenters. The summed E-state index contributed by atoms with van der Waals surface area (Å²) in [7, 11) is 0. The van der Waals surface area contributed by atoms with Crippen LogP contribution in [0.4, 0.5) is 10.1 Å². The summed E-state index contributed by atoms with van der Waals surface area (Å²) >= 11 is 0. The lowest BCUT2D eigenvalue weighted by Crippen LogP contribution is -2.11. The highest BCUT2D eigenvalue weighted by atomic mass is 19.1. The van der Waals surface area contributed by atoms with Crippen LogP contribution in [-0.2, 0) is 5.60 Å². The van der Waals surface area contributed by atoms with E-state index in [0.717, 1.165) is 0 Å². The first-order valence-corrected chi connectivity index (χ1v) is 5.26. The second kappa shape index (κ2) is 3.20. The highest BCUT2D eigenvalue weighted by Crippen LogP contribution is 2.47. The Hall–Kier alpha value is -1.09. The number of aliphatic hydroxyl groups is 1. The molecule has 0 aliphatic heterocycles. The second-order valence-corrected chi connectivity index (χ2v) is 4.66. The molecule has 1 aliphatic carbocycles. The van der Waals surface area contributed by atoms with Crippen LogP contribution in [-0.4, -0.2) is 5.11 Å². The van der Waals surface area contributed by atoms with Crippen molar-refractivity contribution in [1.82, 2.24) is 0 Å². The molecule has 0 bridgehead atoms. The summed E-state index contributed by atoms with van der Waals surface area (Å²) in [5, 5.41) is 9.92. The van der Waals surface area contributed by atoms with Gasteiger partial charge in [0.2, 0.25) is 0 Å². The summed E-state index contributed by atoms with van der Waals surface area (Å²) < 4.78 is 14.0. The summed E-state index contributed by atoms with van der Waals surface area (Å²) in [5.41, 5.74) is 6.24. The molecule has 2 nitrogen and oxygen atoms in total. The maximum Gasteiger partial charge on any atom is 0.132 e. The molecule has 1 aromatic rings. The molecular weight excluding hydrogens is 193 g/mol. The van der Waals surface area contributed by atoms with Gasteiger partial charge in [-0.2, -0.15) is 0 Å². The quantitative estimate of drug-likeness (QED) is 0.735. The molecule has 1 saturated carbocycles. The van der Waals surface area contributed by atoms with E-state index in [1.807, 2.05) is 13.8 Å². The van der Waals surface area contributed by atoms with E-state index in [2.05, 4.69) is 0 Å². The Morgan fingerprint density at radius 2 is 2.00 bits per heavy atom. The van der Waals surface area contributed by atoms with Crippen LogP contribution in [0.25, 0.3) is 0 Å². The van der Waals surface area contributed by atoms with Crippen molar-refractivity contribution in [3.05, 3.63) is 29.1 Å². The number of hydrogen-bond donors (Lipinski definition) is 2. The Kier molecular flexibility index (Phi) is 2.23. The fourth-order valence-electron chi connectivity index (χ4n) is 1.82. The van der Waals surface area contributed by atoms with Gasteiger partial charge in [-0.3, -0.25) is 0 Å². The maximum absolute atomic E-state index is 14.0. The monoisotopic (exact) mass is 209 g/mol. The lowest BCUT2D eigenvalue weighted by atomic mass is 9.95. The topological polar surface area (TPSA) is 46.2 Å². The number of anilines is 1. The summed E-state index contributed by atoms with van der Waals surface area (Å²) in [4.78, 5) is 0. The van der Waals surface area contributed by atoms with Crippen LogP contribution >= 0.6 is 0 Å². The van der Waals surface area contributed by atoms with Gasteiger partial charge in [-0.05, 0) is 36.5 Å². The number of rotatable bonds is 2. The molecule has 1 fully saturated rings. The Bertz CT molecular complexity index is 397. The molecule has 3 heteroatoms. The van der Waals surface area contributed by atoms with Gasteiger partial charge in [0, 0.05) is 11.3 Å². The molecule has 0 aromatic heterocycles. The van der Waals surface area contributed by atoms with Crippen molar-refractivity contribution in [3.63, 3.8) is 0 Å². The van der Waals surface area contributed by atoms with Crippen molar-refractivity contribution in [1.29, 1.82) is 0 Å². The van der Waals surface area contributed by atoms with E-state index in [1.54, 1.807) is 12.1 Å². The molecule has 0 unspecified atom stereocenters. The van der Waals surface area contributed by atoms with Gasteiger partial charge < -0.3 is 10.8 Å². The molecule has 0 heterocycles. The van der Waals surface area contributed by atoms with Crippen molar-refractivity contribution >= 4 is 5.69 Å². The van der Waals surface area contributed by atoms with Gasteiger partial charge in [-0.15, -0.1) is 0 Å². The molecule has 0 spiro atoms. The van der Waals surface area contributed by atoms with Crippen molar-refractivity contribution in [2.24, 2.45) is 0 Å². The van der Waals surface area contributed by atoms with Crippen molar-refractivity contribution in [2.45, 2.75) is 38.2 Å². The predicted octanol–water partition coefficient (Wildman–Crippen LogP) is 2.51. The first-order chi connectivity index (χ1) is 6.94. The minimum Gasteiger partial charge on any atom is -0.399 e. The summed E-state index contributed by atoms with van der Waals surface area (Å²) in [5.74, 6) is -0.214. The fourth-order valence-corrected chi connectivity index (χ4v) is 1.82. The third-order valence-corrected chi connectivity index (χ3v) is 2.97. The molecule has 0 amide bonds. The third-order valence-electron chi connectivity index (χ3n) is 2.97. The van der Waals surface area contributed by atoms with E-state index in [1.165, 1.54) is 0 Å². The predicted molar refractivity (Wildman–Crippen MR) is 58.0 cm³/mol. The van der Waals surface area contributed by atoms with Crippen LogP contribution in [0.2, 0.25) is 0 Å². The first-order valence-electron chi connectivity index (χ1n) is 5.26. The molecule has 1 aliphatic rings. The number of nitrogen functional groups attached to an aromatic ring is 1. The van der Waals surface area contributed by atoms with E-state index in [4.69, 9.17) is 5.73 Å². The smallest absolute Gasteiger partial charge is 0.132 e. The SMILES string of the molecule is CC(C)c1cc(N)cc(C2(O)CC2)c1F. The van der Waals surface area contributed by atoms with Gasteiger partial charge in [0.1, 0.15) is 5.82 Å². The zero-order valence-corrected chi connectivity index (χ0v) is 9.05. The van der Waals surface area contributed by atoms with Gasteiger partial charge >= 0.3 is 0 Å². The van der Waals surface area contributed by atoms with Crippen LogP contribution in [0.15, 0.2) is 12.1 Å². The molecular formula is C12H16FNO. The average molecular weight is 209 g/mol. The van der Waals surface area contributed by atoms with Crippen LogP contribution in [0.1, 0.15) is 43.7 Å². The maximum atomic E-state index is 14.0. The zero-order chi connectivity index (χ0) is 11.2. The molecule has 3 N–H and O–H groups in total. The van der Waals surface area contributed by atoms with Gasteiger partial charge in [-0.25, -0.2) is 4.39 Å². The van der Waals surface area contributed by atoms with Gasteiger partial charge in [-0.1, -0.05) is 13.8 Å². The van der Waals surface area contributed by atoms with E-state index in [9.17, 15) is 9.50 Å². The molecule has 2 rings (SSSR count). The Labute approximate surface area is 88.9 Å². The Balaban J connectivity index is 2.55. The lowest BCUT2D eigenvalue weighted by molar-refractivity contribution is 0.146. The van der Waals surface area contributed by atoms with Crippen LogP contribution in [0, 0.1) is 5.82 Å². The summed E-state index contributed by atoms with van der Waals surface area (Å²) in [6.07, 6.45) is 1.26. The number of halogens is 1. The van der Waals surface area contributed by atoms with Gasteiger partial charge in [0.05, 0.1) is 5.60 Å². The van der Waals surface area contributed by atoms with Crippen LogP contribution < -0.4 is 5.73 Å². The average Bonchev–Trinajstić information content (AvgIpc) is 2.88. The number of hydrogen-bond acceptors (Lipinski definition) is 2. The Morgan fingerprint density at radius 1 is 1.40 bits per heavy atom. The molecule has 1 aromatic carbocycles. The van der Waals surface area contributed by atoms with Crippen LogP contribution in [0.3, 0.4) is 0 Å². The largest absolute Gasteiger partial charge is 0.399 e. The van der Waals surface area contributed by atoms with E-state index >= 15 is 0 Å². The summed E-state index contributed by atoms with van der Waals surface area (Å²) in [6, 6.07) is 3.20.